The van der Waals surface area contributed by atoms with Crippen molar-refractivity contribution >= 4 is 28.7 Å². The van der Waals surface area contributed by atoms with Crippen LogP contribution in [0, 0.1) is 0 Å². The van der Waals surface area contributed by atoms with Crippen molar-refractivity contribution in [2.24, 2.45) is 0 Å². The lowest BCUT2D eigenvalue weighted by Crippen LogP contribution is -2.41. The molecule has 3 rings (SSSR count). The maximum Gasteiger partial charge on any atom is 0.283 e. The molecule has 2 heterocycles. The van der Waals surface area contributed by atoms with E-state index in [1.54, 1.807) is 9.47 Å². The zero-order valence-corrected chi connectivity index (χ0v) is 13.8. The number of carbonyl (C=O) groups excluding carboxylic acids is 1. The molecule has 0 spiro atoms. The van der Waals surface area contributed by atoms with E-state index >= 15 is 0 Å². The molecule has 0 N–H and O–H groups in total. The molecule has 122 valence electrons. The monoisotopic (exact) mass is 333 g/mol. The number of hydrogen-bond donors (Lipinski definition) is 0. The molecule has 1 amide bonds. The van der Waals surface area contributed by atoms with E-state index in [4.69, 9.17) is 4.74 Å². The van der Waals surface area contributed by atoms with Crippen LogP contribution in [0.25, 0.3) is 11.0 Å². The van der Waals surface area contributed by atoms with E-state index < -0.39 is 0 Å². The van der Waals surface area contributed by atoms with Crippen LogP contribution in [0.5, 0.6) is 0 Å². The molecule has 0 saturated carbocycles. The van der Waals surface area contributed by atoms with E-state index in [9.17, 15) is 9.59 Å². The van der Waals surface area contributed by atoms with Gasteiger partial charge >= 0.3 is 0 Å². The third-order valence-electron chi connectivity index (χ3n) is 3.84. The van der Waals surface area contributed by atoms with Gasteiger partial charge in [0.25, 0.3) is 5.56 Å². The number of thioether (sulfide) groups is 1. The van der Waals surface area contributed by atoms with Gasteiger partial charge in [-0.25, -0.2) is 4.98 Å². The van der Waals surface area contributed by atoms with Gasteiger partial charge in [-0.1, -0.05) is 23.9 Å². The van der Waals surface area contributed by atoms with Crippen LogP contribution in [-0.2, 0) is 16.1 Å². The Morgan fingerprint density at radius 1 is 1.30 bits per heavy atom. The Hall–Kier alpha value is -1.86. The average Bonchev–Trinajstić information content (AvgIpc) is 2.60. The Morgan fingerprint density at radius 2 is 2.04 bits per heavy atom. The first kappa shape index (κ1) is 16.0. The molecule has 1 aromatic heterocycles. The summed E-state index contributed by atoms with van der Waals surface area (Å²) in [5.74, 6) is 0.250. The van der Waals surface area contributed by atoms with Crippen LogP contribution in [0.2, 0.25) is 0 Å². The first-order valence-corrected chi connectivity index (χ1v) is 8.67. The second kappa shape index (κ2) is 7.14. The van der Waals surface area contributed by atoms with Gasteiger partial charge in [0.05, 0.1) is 30.0 Å². The average molecular weight is 333 g/mol. The van der Waals surface area contributed by atoms with Crippen LogP contribution in [0.15, 0.2) is 34.1 Å². The number of aromatic nitrogens is 2. The van der Waals surface area contributed by atoms with Crippen molar-refractivity contribution < 1.29 is 9.53 Å². The van der Waals surface area contributed by atoms with Gasteiger partial charge in [-0.05, 0) is 19.1 Å². The predicted octanol–water partition coefficient (Wildman–Crippen LogP) is 1.37. The summed E-state index contributed by atoms with van der Waals surface area (Å²) in [6.07, 6.45) is 0. The molecule has 7 heteroatoms. The van der Waals surface area contributed by atoms with Crippen molar-refractivity contribution in [3.63, 3.8) is 0 Å². The highest BCUT2D eigenvalue weighted by Gasteiger charge is 2.18. The molecule has 1 aliphatic rings. The fourth-order valence-corrected chi connectivity index (χ4v) is 3.45. The van der Waals surface area contributed by atoms with Crippen molar-refractivity contribution in [1.29, 1.82) is 0 Å². The van der Waals surface area contributed by atoms with Gasteiger partial charge in [0.2, 0.25) is 5.91 Å². The molecule has 0 radical (unpaired) electrons. The molecule has 0 bridgehead atoms. The van der Waals surface area contributed by atoms with E-state index in [1.165, 1.54) is 11.8 Å². The summed E-state index contributed by atoms with van der Waals surface area (Å²) in [6.45, 7) is 4.89. The zero-order valence-electron chi connectivity index (χ0n) is 13.0. The standard InChI is InChI=1S/C16H19N3O3S/c1-2-19-13-6-4-3-5-12(13)17-15(16(19)21)23-11-14(20)18-7-9-22-10-8-18/h3-6H,2,7-11H2,1H3. The van der Waals surface area contributed by atoms with E-state index in [-0.39, 0.29) is 17.2 Å². The number of ether oxygens (including phenoxy) is 1. The number of carbonyl (C=O) groups is 1. The fraction of sp³-hybridized carbons (Fsp3) is 0.438. The first-order chi connectivity index (χ1) is 11.2. The van der Waals surface area contributed by atoms with E-state index in [2.05, 4.69) is 4.98 Å². The van der Waals surface area contributed by atoms with Gasteiger partial charge in [-0.15, -0.1) is 0 Å². The van der Waals surface area contributed by atoms with Crippen LogP contribution in [0.3, 0.4) is 0 Å². The van der Waals surface area contributed by atoms with E-state index in [0.29, 0.717) is 37.9 Å². The summed E-state index contributed by atoms with van der Waals surface area (Å²) in [6, 6.07) is 7.56. The maximum absolute atomic E-state index is 12.5. The number of fused-ring (bicyclic) bond motifs is 1. The van der Waals surface area contributed by atoms with Crippen LogP contribution in [0.1, 0.15) is 6.92 Å². The molecular formula is C16H19N3O3S. The smallest absolute Gasteiger partial charge is 0.283 e. The second-order valence-corrected chi connectivity index (χ2v) is 6.20. The largest absolute Gasteiger partial charge is 0.378 e. The summed E-state index contributed by atoms with van der Waals surface area (Å²) in [5.41, 5.74) is 1.46. The normalized spacial score (nSPS) is 15.1. The van der Waals surface area contributed by atoms with Gasteiger partial charge in [0.1, 0.15) is 0 Å². The molecule has 0 atom stereocenters. The molecule has 0 unspecified atom stereocenters. The zero-order chi connectivity index (χ0) is 16.2. The quantitative estimate of drug-likeness (QED) is 0.791. The number of morpholine rings is 1. The van der Waals surface area contributed by atoms with Gasteiger partial charge < -0.3 is 14.2 Å². The highest BCUT2D eigenvalue weighted by Crippen LogP contribution is 2.17. The Morgan fingerprint density at radius 3 is 2.78 bits per heavy atom. The number of benzene rings is 1. The van der Waals surface area contributed by atoms with E-state index in [1.807, 2.05) is 31.2 Å². The first-order valence-electron chi connectivity index (χ1n) is 7.68. The summed E-state index contributed by atoms with van der Waals surface area (Å²) in [7, 11) is 0. The van der Waals surface area contributed by atoms with E-state index in [0.717, 1.165) is 11.0 Å². The number of rotatable bonds is 4. The number of para-hydroxylation sites is 2. The van der Waals surface area contributed by atoms with Crippen molar-refractivity contribution in [3.05, 3.63) is 34.6 Å². The fourth-order valence-electron chi connectivity index (χ4n) is 2.61. The minimum absolute atomic E-state index is 0.0238. The highest BCUT2D eigenvalue weighted by molar-refractivity contribution is 7.99. The van der Waals surface area contributed by atoms with Crippen LogP contribution >= 0.6 is 11.8 Å². The molecule has 6 nitrogen and oxygen atoms in total. The summed E-state index contributed by atoms with van der Waals surface area (Å²) in [4.78, 5) is 31.0. The van der Waals surface area contributed by atoms with Gasteiger partial charge in [0.15, 0.2) is 5.03 Å². The minimum Gasteiger partial charge on any atom is -0.378 e. The van der Waals surface area contributed by atoms with Crippen molar-refractivity contribution in [2.75, 3.05) is 32.1 Å². The van der Waals surface area contributed by atoms with Crippen molar-refractivity contribution in [2.45, 2.75) is 18.5 Å². The molecule has 1 fully saturated rings. The maximum atomic E-state index is 12.5. The molecule has 1 saturated heterocycles. The molecule has 23 heavy (non-hydrogen) atoms. The SMILES string of the molecule is CCn1c(=O)c(SCC(=O)N2CCOCC2)nc2ccccc21. The third-order valence-corrected chi connectivity index (χ3v) is 4.77. The summed E-state index contributed by atoms with van der Waals surface area (Å²) in [5, 5.41) is 0.382. The van der Waals surface area contributed by atoms with Gasteiger partial charge in [-0.2, -0.15) is 0 Å². The van der Waals surface area contributed by atoms with Crippen LogP contribution < -0.4 is 5.56 Å². The Balaban J connectivity index is 1.81. The Kier molecular flexibility index (Phi) is 4.97. The summed E-state index contributed by atoms with van der Waals surface area (Å²) >= 11 is 1.22. The van der Waals surface area contributed by atoms with Crippen LogP contribution in [0.4, 0.5) is 0 Å². The molecule has 0 aliphatic carbocycles. The van der Waals surface area contributed by atoms with Gasteiger partial charge in [-0.3, -0.25) is 9.59 Å². The number of nitrogens with zero attached hydrogens (tertiary/aromatic N) is 3. The van der Waals surface area contributed by atoms with Gasteiger partial charge in [0, 0.05) is 19.6 Å². The van der Waals surface area contributed by atoms with Crippen molar-refractivity contribution in [3.8, 4) is 0 Å². The third kappa shape index (κ3) is 3.40. The molecular weight excluding hydrogens is 314 g/mol. The number of hydrogen-bond acceptors (Lipinski definition) is 5. The highest BCUT2D eigenvalue weighted by atomic mass is 32.2. The molecule has 1 aromatic carbocycles. The lowest BCUT2D eigenvalue weighted by Gasteiger charge is -2.26. The lowest BCUT2D eigenvalue weighted by atomic mass is 10.3. The summed E-state index contributed by atoms with van der Waals surface area (Å²) < 4.78 is 6.94. The number of aryl methyl sites for hydroxylation is 1. The second-order valence-electron chi connectivity index (χ2n) is 5.24. The lowest BCUT2D eigenvalue weighted by molar-refractivity contribution is -0.132. The number of amides is 1. The van der Waals surface area contributed by atoms with Crippen molar-refractivity contribution in [1.82, 2.24) is 14.5 Å². The minimum atomic E-state index is -0.133. The topological polar surface area (TPSA) is 64.4 Å². The Labute approximate surface area is 138 Å². The molecule has 2 aromatic rings. The van der Waals surface area contributed by atoms with Crippen LogP contribution in [-0.4, -0.2) is 52.4 Å². The predicted molar refractivity (Wildman–Crippen MR) is 89.8 cm³/mol. The Bertz CT molecular complexity index is 769. The molecule has 1 aliphatic heterocycles.